The summed E-state index contributed by atoms with van der Waals surface area (Å²) in [6.07, 6.45) is 3.35. The van der Waals surface area contributed by atoms with Crippen LogP contribution in [-0.4, -0.2) is 25.5 Å². The van der Waals surface area contributed by atoms with Crippen LogP contribution in [0.1, 0.15) is 13.8 Å². The summed E-state index contributed by atoms with van der Waals surface area (Å²) in [5.41, 5.74) is -0.119. The lowest BCUT2D eigenvalue weighted by Crippen LogP contribution is -2.34. The van der Waals surface area contributed by atoms with Crippen molar-refractivity contribution in [1.29, 1.82) is 0 Å². The Morgan fingerprint density at radius 2 is 1.91 bits per heavy atom. The van der Waals surface area contributed by atoms with E-state index in [1.807, 2.05) is 27.0 Å². The van der Waals surface area contributed by atoms with E-state index in [0.29, 0.717) is 0 Å². The van der Waals surface area contributed by atoms with E-state index in [2.05, 4.69) is 10.6 Å². The third-order valence-corrected chi connectivity index (χ3v) is 1.54. The molecule has 11 heavy (non-hydrogen) atoms. The number of likely N-dealkylation sites (N-methyl/N-ethyl adjacent to an activating group) is 2. The normalized spacial score (nSPS) is 12.0. The second kappa shape index (κ2) is 4.13. The van der Waals surface area contributed by atoms with Crippen LogP contribution in [0.2, 0.25) is 0 Å². The largest absolute Gasteiger partial charge is 0.356 e. The van der Waals surface area contributed by atoms with Crippen LogP contribution in [0.4, 0.5) is 0 Å². The Bertz CT molecular complexity index is 161. The van der Waals surface area contributed by atoms with Gasteiger partial charge in [0.25, 0.3) is 0 Å². The molecule has 3 heteroatoms. The van der Waals surface area contributed by atoms with Gasteiger partial charge in [-0.1, -0.05) is 6.08 Å². The highest BCUT2D eigenvalue weighted by molar-refractivity contribution is 5.87. The molecule has 0 spiro atoms. The Hall–Kier alpha value is -0.830. The van der Waals surface area contributed by atoms with Gasteiger partial charge in [0.15, 0.2) is 0 Å². The molecule has 0 aliphatic heterocycles. The van der Waals surface area contributed by atoms with E-state index in [1.165, 1.54) is 6.08 Å². The molecule has 2 N–H and O–H groups in total. The predicted octanol–water partition coefficient (Wildman–Crippen LogP) is 0.287. The highest BCUT2D eigenvalue weighted by Crippen LogP contribution is 2.01. The Morgan fingerprint density at radius 1 is 1.36 bits per heavy atom. The van der Waals surface area contributed by atoms with Crippen molar-refractivity contribution in [3.8, 4) is 0 Å². The molecule has 0 aliphatic rings. The molecule has 64 valence electrons. The van der Waals surface area contributed by atoms with Crippen molar-refractivity contribution in [2.24, 2.45) is 0 Å². The van der Waals surface area contributed by atoms with Gasteiger partial charge in [0, 0.05) is 18.7 Å². The highest BCUT2D eigenvalue weighted by atomic mass is 16.1. The maximum absolute atomic E-state index is 10.7. The topological polar surface area (TPSA) is 41.1 Å². The molecule has 1 amide bonds. The molecule has 0 aromatic heterocycles. The van der Waals surface area contributed by atoms with Crippen molar-refractivity contribution in [1.82, 2.24) is 10.6 Å². The number of hydrogen-bond acceptors (Lipinski definition) is 2. The lowest BCUT2D eigenvalue weighted by molar-refractivity contribution is -0.116. The van der Waals surface area contributed by atoms with Crippen molar-refractivity contribution >= 4 is 5.91 Å². The van der Waals surface area contributed by atoms with Crippen LogP contribution < -0.4 is 10.6 Å². The molecule has 0 saturated carbocycles. The van der Waals surface area contributed by atoms with Gasteiger partial charge in [-0.3, -0.25) is 4.79 Å². The minimum Gasteiger partial charge on any atom is -0.356 e. The Kier molecular flexibility index (Phi) is 3.82. The summed E-state index contributed by atoms with van der Waals surface area (Å²) in [4.78, 5) is 10.7. The monoisotopic (exact) mass is 156 g/mol. The fourth-order valence-electron chi connectivity index (χ4n) is 0.451. The van der Waals surface area contributed by atoms with Gasteiger partial charge in [-0.05, 0) is 20.9 Å². The quantitative estimate of drug-likeness (QED) is 0.576. The second-order valence-corrected chi connectivity index (χ2v) is 2.92. The zero-order valence-electron chi connectivity index (χ0n) is 7.56. The lowest BCUT2D eigenvalue weighted by Gasteiger charge is -2.18. The standard InChI is InChI=1S/C8H16N2O/c1-8(2,10-4)6-5-7(11)9-3/h5-6,10H,1-4H3,(H,9,11). The van der Waals surface area contributed by atoms with Crippen LogP contribution in [0.5, 0.6) is 0 Å². The summed E-state index contributed by atoms with van der Waals surface area (Å²) in [6, 6.07) is 0. The molecule has 0 radical (unpaired) electrons. The van der Waals surface area contributed by atoms with Gasteiger partial charge < -0.3 is 10.6 Å². The van der Waals surface area contributed by atoms with Gasteiger partial charge in [-0.2, -0.15) is 0 Å². The van der Waals surface area contributed by atoms with E-state index in [0.717, 1.165) is 0 Å². The summed E-state index contributed by atoms with van der Waals surface area (Å²) in [5, 5.41) is 5.56. The Morgan fingerprint density at radius 3 is 2.27 bits per heavy atom. The fourth-order valence-corrected chi connectivity index (χ4v) is 0.451. The average molecular weight is 156 g/mol. The summed E-state index contributed by atoms with van der Waals surface area (Å²) in [5.74, 6) is -0.0756. The molecular formula is C8H16N2O. The smallest absolute Gasteiger partial charge is 0.243 e. The van der Waals surface area contributed by atoms with E-state index in [9.17, 15) is 4.79 Å². The van der Waals surface area contributed by atoms with E-state index >= 15 is 0 Å². The molecule has 0 rings (SSSR count). The van der Waals surface area contributed by atoms with Crippen LogP contribution in [0.3, 0.4) is 0 Å². The third kappa shape index (κ3) is 4.56. The number of nitrogens with one attached hydrogen (secondary N) is 2. The molecule has 0 atom stereocenters. The minimum absolute atomic E-state index is 0.0756. The fraction of sp³-hybridized carbons (Fsp3) is 0.625. The molecule has 0 aromatic carbocycles. The lowest BCUT2D eigenvalue weighted by atomic mass is 10.1. The van der Waals surface area contributed by atoms with Gasteiger partial charge in [-0.25, -0.2) is 0 Å². The van der Waals surface area contributed by atoms with E-state index < -0.39 is 0 Å². The number of hydrogen-bond donors (Lipinski definition) is 2. The third-order valence-electron chi connectivity index (χ3n) is 1.54. The maximum atomic E-state index is 10.7. The van der Waals surface area contributed by atoms with Crippen LogP contribution >= 0.6 is 0 Å². The summed E-state index contributed by atoms with van der Waals surface area (Å²) in [7, 11) is 3.47. The zero-order valence-corrected chi connectivity index (χ0v) is 7.56. The number of amides is 1. The van der Waals surface area contributed by atoms with Crippen molar-refractivity contribution in [3.05, 3.63) is 12.2 Å². The second-order valence-electron chi connectivity index (χ2n) is 2.92. The van der Waals surface area contributed by atoms with Crippen LogP contribution in [-0.2, 0) is 4.79 Å². The number of rotatable bonds is 3. The first-order valence-corrected chi connectivity index (χ1v) is 3.61. The van der Waals surface area contributed by atoms with Gasteiger partial charge in [0.1, 0.15) is 0 Å². The molecule has 0 aromatic rings. The first-order valence-electron chi connectivity index (χ1n) is 3.61. The molecule has 0 aliphatic carbocycles. The first-order chi connectivity index (χ1) is 5.02. The van der Waals surface area contributed by atoms with Crippen molar-refractivity contribution < 1.29 is 4.79 Å². The number of carbonyl (C=O) groups is 1. The van der Waals surface area contributed by atoms with Gasteiger partial charge >= 0.3 is 0 Å². The molecular weight excluding hydrogens is 140 g/mol. The molecule has 0 heterocycles. The van der Waals surface area contributed by atoms with E-state index in [1.54, 1.807) is 7.05 Å². The zero-order chi connectivity index (χ0) is 8.91. The molecule has 0 fully saturated rings. The Labute approximate surface area is 67.9 Å². The van der Waals surface area contributed by atoms with E-state index in [4.69, 9.17) is 0 Å². The molecule has 3 nitrogen and oxygen atoms in total. The predicted molar refractivity (Wildman–Crippen MR) is 46.3 cm³/mol. The summed E-state index contributed by atoms with van der Waals surface area (Å²) >= 11 is 0. The van der Waals surface area contributed by atoms with Crippen molar-refractivity contribution in [3.63, 3.8) is 0 Å². The molecule has 0 unspecified atom stereocenters. The van der Waals surface area contributed by atoms with Crippen LogP contribution in [0, 0.1) is 0 Å². The first kappa shape index (κ1) is 10.2. The molecule has 0 saturated heterocycles. The average Bonchev–Trinajstić information content (AvgIpc) is 2.00. The van der Waals surface area contributed by atoms with Crippen molar-refractivity contribution in [2.75, 3.05) is 14.1 Å². The van der Waals surface area contributed by atoms with Gasteiger partial charge in [0.05, 0.1) is 0 Å². The van der Waals surface area contributed by atoms with Crippen LogP contribution in [0.25, 0.3) is 0 Å². The van der Waals surface area contributed by atoms with Gasteiger partial charge in [0.2, 0.25) is 5.91 Å². The Balaban J connectivity index is 4.01. The van der Waals surface area contributed by atoms with Gasteiger partial charge in [-0.15, -0.1) is 0 Å². The van der Waals surface area contributed by atoms with Crippen LogP contribution in [0.15, 0.2) is 12.2 Å². The highest BCUT2D eigenvalue weighted by Gasteiger charge is 2.08. The number of carbonyl (C=O) groups excluding carboxylic acids is 1. The summed E-state index contributed by atoms with van der Waals surface area (Å²) in [6.45, 7) is 3.98. The minimum atomic E-state index is -0.119. The summed E-state index contributed by atoms with van der Waals surface area (Å²) < 4.78 is 0. The van der Waals surface area contributed by atoms with Crippen molar-refractivity contribution in [2.45, 2.75) is 19.4 Å². The SMILES string of the molecule is CNC(=O)C=CC(C)(C)NC. The molecule has 0 bridgehead atoms. The van der Waals surface area contributed by atoms with E-state index in [-0.39, 0.29) is 11.4 Å². The maximum Gasteiger partial charge on any atom is 0.243 e.